The number of aromatic nitrogens is 2. The highest BCUT2D eigenvalue weighted by Gasteiger charge is 2.22. The van der Waals surface area contributed by atoms with Gasteiger partial charge in [0.1, 0.15) is 5.58 Å². The molecule has 0 radical (unpaired) electrons. The number of benzene rings is 1. The lowest BCUT2D eigenvalue weighted by atomic mass is 10.0. The van der Waals surface area contributed by atoms with Crippen LogP contribution in [0.25, 0.3) is 11.0 Å². The fourth-order valence-electron chi connectivity index (χ4n) is 4.54. The summed E-state index contributed by atoms with van der Waals surface area (Å²) in [5.41, 5.74) is 6.80. The molecule has 0 saturated heterocycles. The van der Waals surface area contributed by atoms with Gasteiger partial charge in [-0.2, -0.15) is 0 Å². The third kappa shape index (κ3) is 3.56. The largest absolute Gasteiger partial charge is 0.464 e. The quantitative estimate of drug-likeness (QED) is 0.668. The molecule has 0 fully saturated rings. The van der Waals surface area contributed by atoms with Crippen molar-refractivity contribution in [3.05, 3.63) is 68.6 Å². The van der Waals surface area contributed by atoms with Gasteiger partial charge >= 0.3 is 0 Å². The summed E-state index contributed by atoms with van der Waals surface area (Å²) >= 11 is 0. The van der Waals surface area contributed by atoms with E-state index in [-0.39, 0.29) is 5.43 Å². The summed E-state index contributed by atoms with van der Waals surface area (Å²) in [5.74, 6) is 0.794. The van der Waals surface area contributed by atoms with Crippen LogP contribution in [0.15, 0.2) is 38.8 Å². The van der Waals surface area contributed by atoms with E-state index in [9.17, 15) is 4.79 Å². The minimum Gasteiger partial charge on any atom is -0.464 e. The maximum Gasteiger partial charge on any atom is 0.197 e. The van der Waals surface area contributed by atoms with E-state index in [0.29, 0.717) is 23.1 Å². The number of nitrogens with zero attached hydrogens (tertiary/aromatic N) is 4. The molecule has 154 valence electrons. The van der Waals surface area contributed by atoms with Crippen molar-refractivity contribution in [2.24, 2.45) is 4.99 Å². The molecular formula is C24H26N4O2. The molecule has 30 heavy (non-hydrogen) atoms. The van der Waals surface area contributed by atoms with Gasteiger partial charge in [0.25, 0.3) is 0 Å². The summed E-state index contributed by atoms with van der Waals surface area (Å²) in [7, 11) is 0. The van der Waals surface area contributed by atoms with Crippen LogP contribution in [0.5, 0.6) is 0 Å². The Hall–Kier alpha value is -2.86. The second-order valence-corrected chi connectivity index (χ2v) is 8.46. The van der Waals surface area contributed by atoms with Gasteiger partial charge in [0.15, 0.2) is 11.3 Å². The number of hydrogen-bond donors (Lipinski definition) is 0. The van der Waals surface area contributed by atoms with Crippen LogP contribution in [0, 0.1) is 13.8 Å². The van der Waals surface area contributed by atoms with Crippen molar-refractivity contribution in [2.75, 3.05) is 13.1 Å². The zero-order valence-electron chi connectivity index (χ0n) is 17.6. The summed E-state index contributed by atoms with van der Waals surface area (Å²) in [6.45, 7) is 7.04. The average molecular weight is 402 g/mol. The molecule has 0 atom stereocenters. The molecule has 0 aliphatic carbocycles. The summed E-state index contributed by atoms with van der Waals surface area (Å²) in [6.07, 6.45) is 7.72. The van der Waals surface area contributed by atoms with Gasteiger partial charge in [-0.3, -0.25) is 14.7 Å². The summed E-state index contributed by atoms with van der Waals surface area (Å²) in [5, 5.41) is 0.691. The van der Waals surface area contributed by atoms with Crippen molar-refractivity contribution in [3.8, 4) is 0 Å². The fraction of sp³-hybridized carbons (Fsp3) is 0.417. The third-order valence-corrected chi connectivity index (χ3v) is 6.08. The average Bonchev–Trinajstić information content (AvgIpc) is 2.75. The number of aryl methyl sites for hydroxylation is 2. The molecule has 0 saturated carbocycles. The third-order valence-electron chi connectivity index (χ3n) is 6.08. The summed E-state index contributed by atoms with van der Waals surface area (Å²) in [4.78, 5) is 29.3. The SMILES string of the molecule is Cc1cc(C)c2c(=O)c(CN3CCc4nc(C5=NCCCC5)ncc4C3)coc2c1. The van der Waals surface area contributed by atoms with Crippen LogP contribution in [-0.2, 0) is 19.5 Å². The standard InChI is InChI=1S/C24H26N4O2/c1-15-9-16(2)22-21(10-15)30-14-18(23(22)29)13-28-8-6-19-17(12-28)11-26-24(27-19)20-5-3-4-7-25-20/h9-11,14H,3-8,12-13H2,1-2H3. The zero-order chi connectivity index (χ0) is 20.7. The molecule has 5 rings (SSSR count). The molecule has 2 aliphatic rings. The van der Waals surface area contributed by atoms with Gasteiger partial charge < -0.3 is 4.42 Å². The van der Waals surface area contributed by atoms with E-state index in [1.54, 1.807) is 6.26 Å². The first kappa shape index (κ1) is 19.1. The number of hydrogen-bond acceptors (Lipinski definition) is 6. The lowest BCUT2D eigenvalue weighted by molar-refractivity contribution is 0.240. The molecule has 0 N–H and O–H groups in total. The number of rotatable bonds is 3. The van der Waals surface area contributed by atoms with E-state index in [1.807, 2.05) is 32.2 Å². The molecule has 1 aromatic carbocycles. The van der Waals surface area contributed by atoms with Crippen LogP contribution < -0.4 is 5.43 Å². The van der Waals surface area contributed by atoms with E-state index in [1.165, 1.54) is 6.42 Å². The van der Waals surface area contributed by atoms with Gasteiger partial charge in [0.05, 0.1) is 23.1 Å². The smallest absolute Gasteiger partial charge is 0.197 e. The van der Waals surface area contributed by atoms with E-state index in [0.717, 1.165) is 72.8 Å². The first-order chi connectivity index (χ1) is 14.6. The Kier molecular flexibility index (Phi) is 4.95. The van der Waals surface area contributed by atoms with E-state index >= 15 is 0 Å². The highest BCUT2D eigenvalue weighted by atomic mass is 16.3. The van der Waals surface area contributed by atoms with Gasteiger partial charge in [-0.15, -0.1) is 0 Å². The van der Waals surface area contributed by atoms with Crippen molar-refractivity contribution in [3.63, 3.8) is 0 Å². The monoisotopic (exact) mass is 402 g/mol. The van der Waals surface area contributed by atoms with Crippen molar-refractivity contribution in [1.29, 1.82) is 0 Å². The lowest BCUT2D eigenvalue weighted by Crippen LogP contribution is -2.33. The summed E-state index contributed by atoms with van der Waals surface area (Å²) in [6, 6.07) is 3.96. The topological polar surface area (TPSA) is 71.6 Å². The molecule has 3 aromatic rings. The molecule has 0 spiro atoms. The van der Waals surface area contributed by atoms with Crippen LogP contribution in [0.4, 0.5) is 0 Å². The first-order valence-corrected chi connectivity index (χ1v) is 10.7. The summed E-state index contributed by atoms with van der Waals surface area (Å²) < 4.78 is 5.81. The Morgan fingerprint density at radius 3 is 2.90 bits per heavy atom. The van der Waals surface area contributed by atoms with Gasteiger partial charge in [0, 0.05) is 49.9 Å². The zero-order valence-corrected chi connectivity index (χ0v) is 17.6. The molecule has 6 nitrogen and oxygen atoms in total. The highest BCUT2D eigenvalue weighted by molar-refractivity contribution is 5.97. The molecule has 0 amide bonds. The fourth-order valence-corrected chi connectivity index (χ4v) is 4.54. The molecule has 0 bridgehead atoms. The van der Waals surface area contributed by atoms with Gasteiger partial charge in [-0.1, -0.05) is 6.07 Å². The van der Waals surface area contributed by atoms with Crippen LogP contribution in [0.1, 0.15) is 53.0 Å². The minimum atomic E-state index is 0.0708. The van der Waals surface area contributed by atoms with Crippen LogP contribution in [0.2, 0.25) is 0 Å². The molecule has 0 unspecified atom stereocenters. The second kappa shape index (κ2) is 7.76. The molecule has 6 heteroatoms. The van der Waals surface area contributed by atoms with Crippen molar-refractivity contribution in [1.82, 2.24) is 14.9 Å². The minimum absolute atomic E-state index is 0.0708. The predicted octanol–water partition coefficient (Wildman–Crippen LogP) is 3.73. The first-order valence-electron chi connectivity index (χ1n) is 10.7. The number of aliphatic imine (C=N–C) groups is 1. The Morgan fingerprint density at radius 1 is 1.17 bits per heavy atom. The predicted molar refractivity (Wildman–Crippen MR) is 117 cm³/mol. The molecule has 2 aromatic heterocycles. The Morgan fingerprint density at radius 2 is 2.07 bits per heavy atom. The second-order valence-electron chi connectivity index (χ2n) is 8.46. The Bertz CT molecular complexity index is 1210. The highest BCUT2D eigenvalue weighted by Crippen LogP contribution is 2.22. The normalized spacial score (nSPS) is 17.1. The Labute approximate surface area is 175 Å². The van der Waals surface area contributed by atoms with Crippen LogP contribution in [0.3, 0.4) is 0 Å². The van der Waals surface area contributed by atoms with Gasteiger partial charge in [0.2, 0.25) is 0 Å². The van der Waals surface area contributed by atoms with Gasteiger partial charge in [-0.05, 0) is 50.3 Å². The van der Waals surface area contributed by atoms with Crippen molar-refractivity contribution < 1.29 is 4.42 Å². The van der Waals surface area contributed by atoms with Crippen molar-refractivity contribution >= 4 is 16.7 Å². The van der Waals surface area contributed by atoms with E-state index in [2.05, 4.69) is 14.9 Å². The molecular weight excluding hydrogens is 376 g/mol. The van der Waals surface area contributed by atoms with E-state index in [4.69, 9.17) is 9.40 Å². The maximum absolute atomic E-state index is 13.1. The lowest BCUT2D eigenvalue weighted by Gasteiger charge is -2.28. The maximum atomic E-state index is 13.1. The van der Waals surface area contributed by atoms with E-state index < -0.39 is 0 Å². The molecule has 4 heterocycles. The van der Waals surface area contributed by atoms with Crippen molar-refractivity contribution in [2.45, 2.75) is 52.6 Å². The number of fused-ring (bicyclic) bond motifs is 2. The van der Waals surface area contributed by atoms with Crippen LogP contribution in [-0.4, -0.2) is 33.7 Å². The van der Waals surface area contributed by atoms with Gasteiger partial charge in [-0.25, -0.2) is 9.97 Å². The Balaban J connectivity index is 1.37. The molecule has 2 aliphatic heterocycles. The van der Waals surface area contributed by atoms with Crippen LogP contribution >= 0.6 is 0 Å².